The van der Waals surface area contributed by atoms with Gasteiger partial charge in [-0.2, -0.15) is 0 Å². The van der Waals surface area contributed by atoms with E-state index in [0.29, 0.717) is 12.2 Å². The van der Waals surface area contributed by atoms with Gasteiger partial charge in [-0.25, -0.2) is 0 Å². The Bertz CT molecular complexity index is 327. The molecule has 3 heteroatoms. The maximum Gasteiger partial charge on any atom is 0.0751 e. The van der Waals surface area contributed by atoms with Crippen molar-refractivity contribution < 1.29 is 4.74 Å². The summed E-state index contributed by atoms with van der Waals surface area (Å²) < 4.78 is 5.74. The Hall–Kier alpha value is -1.09. The fourth-order valence-corrected chi connectivity index (χ4v) is 1.93. The van der Waals surface area contributed by atoms with Crippen molar-refractivity contribution in [2.45, 2.75) is 38.9 Å². The third-order valence-electron chi connectivity index (χ3n) is 2.85. The summed E-state index contributed by atoms with van der Waals surface area (Å²) in [6, 6.07) is 4.01. The normalized spacial score (nSPS) is 25.5. The highest BCUT2D eigenvalue weighted by Gasteiger charge is 2.21. The molecule has 1 aromatic heterocycles. The van der Waals surface area contributed by atoms with E-state index in [9.17, 15) is 0 Å². The molecule has 0 saturated carbocycles. The first-order valence-corrected chi connectivity index (χ1v) is 5.56. The summed E-state index contributed by atoms with van der Waals surface area (Å²) >= 11 is 0. The molecule has 0 radical (unpaired) electrons. The van der Waals surface area contributed by atoms with Gasteiger partial charge >= 0.3 is 0 Å². The quantitative estimate of drug-likeness (QED) is 0.824. The zero-order valence-electron chi connectivity index (χ0n) is 9.36. The molecule has 1 fully saturated rings. The average Bonchev–Trinajstić information content (AvgIpc) is 2.63. The smallest absolute Gasteiger partial charge is 0.0751 e. The number of hydrogen-bond donors (Lipinski definition) is 1. The van der Waals surface area contributed by atoms with Crippen molar-refractivity contribution >= 4 is 5.69 Å². The fourth-order valence-electron chi connectivity index (χ4n) is 1.93. The molecule has 3 nitrogen and oxygen atoms in total. The molecule has 2 heterocycles. The van der Waals surface area contributed by atoms with Gasteiger partial charge in [0.15, 0.2) is 0 Å². The van der Waals surface area contributed by atoms with Gasteiger partial charge in [0.1, 0.15) is 0 Å². The van der Waals surface area contributed by atoms with Crippen LogP contribution in [-0.2, 0) is 4.74 Å². The molecule has 1 aliphatic heterocycles. The number of rotatable bonds is 3. The molecular formula is C12H18N2O. The van der Waals surface area contributed by atoms with Crippen molar-refractivity contribution in [3.63, 3.8) is 0 Å². The lowest BCUT2D eigenvalue weighted by atomic mass is 10.2. The standard InChI is InChI=1S/C12H18N2O/c1-9-5-6-11(15-9)8-14-12-4-3-7-13-10(12)2/h3-4,7,9,11,14H,5-6,8H2,1-2H3. The van der Waals surface area contributed by atoms with E-state index in [-0.39, 0.29) is 0 Å². The summed E-state index contributed by atoms with van der Waals surface area (Å²) in [7, 11) is 0. The van der Waals surface area contributed by atoms with Crippen molar-refractivity contribution in [1.82, 2.24) is 4.98 Å². The van der Waals surface area contributed by atoms with E-state index in [0.717, 1.165) is 24.3 Å². The highest BCUT2D eigenvalue weighted by atomic mass is 16.5. The van der Waals surface area contributed by atoms with Gasteiger partial charge in [-0.05, 0) is 38.8 Å². The van der Waals surface area contributed by atoms with Gasteiger partial charge in [0.05, 0.1) is 23.6 Å². The van der Waals surface area contributed by atoms with Gasteiger partial charge < -0.3 is 10.1 Å². The van der Waals surface area contributed by atoms with Crippen LogP contribution in [0.4, 0.5) is 5.69 Å². The number of hydrogen-bond acceptors (Lipinski definition) is 3. The van der Waals surface area contributed by atoms with Crippen LogP contribution in [0.3, 0.4) is 0 Å². The van der Waals surface area contributed by atoms with E-state index < -0.39 is 0 Å². The minimum absolute atomic E-state index is 0.361. The lowest BCUT2D eigenvalue weighted by Crippen LogP contribution is -2.20. The lowest BCUT2D eigenvalue weighted by molar-refractivity contribution is 0.0637. The Labute approximate surface area is 90.9 Å². The van der Waals surface area contributed by atoms with Crippen LogP contribution in [0, 0.1) is 6.92 Å². The number of nitrogens with one attached hydrogen (secondary N) is 1. The highest BCUT2D eigenvalue weighted by molar-refractivity contribution is 5.46. The van der Waals surface area contributed by atoms with E-state index in [1.54, 1.807) is 0 Å². The van der Waals surface area contributed by atoms with Crippen molar-refractivity contribution in [2.75, 3.05) is 11.9 Å². The second-order valence-electron chi connectivity index (χ2n) is 4.16. The van der Waals surface area contributed by atoms with Gasteiger partial charge in [0.2, 0.25) is 0 Å². The maximum absolute atomic E-state index is 5.74. The number of anilines is 1. The van der Waals surface area contributed by atoms with Crippen LogP contribution < -0.4 is 5.32 Å². The molecular weight excluding hydrogens is 188 g/mol. The van der Waals surface area contributed by atoms with Crippen molar-refractivity contribution in [3.05, 3.63) is 24.0 Å². The Morgan fingerprint density at radius 2 is 2.40 bits per heavy atom. The zero-order valence-corrected chi connectivity index (χ0v) is 9.36. The van der Waals surface area contributed by atoms with E-state index in [2.05, 4.69) is 23.3 Å². The Balaban J connectivity index is 1.86. The fraction of sp³-hybridized carbons (Fsp3) is 0.583. The Morgan fingerprint density at radius 1 is 1.53 bits per heavy atom. The van der Waals surface area contributed by atoms with Gasteiger partial charge in [-0.15, -0.1) is 0 Å². The molecule has 1 aromatic rings. The van der Waals surface area contributed by atoms with Crippen LogP contribution in [0.1, 0.15) is 25.5 Å². The first kappa shape index (κ1) is 10.4. The minimum Gasteiger partial charge on any atom is -0.381 e. The molecule has 2 rings (SSSR count). The average molecular weight is 206 g/mol. The minimum atomic E-state index is 0.361. The summed E-state index contributed by atoms with van der Waals surface area (Å²) in [5.74, 6) is 0. The van der Waals surface area contributed by atoms with Gasteiger partial charge in [0.25, 0.3) is 0 Å². The van der Waals surface area contributed by atoms with E-state index in [1.807, 2.05) is 19.2 Å². The third-order valence-corrected chi connectivity index (χ3v) is 2.85. The molecule has 82 valence electrons. The Kier molecular flexibility index (Phi) is 3.21. The van der Waals surface area contributed by atoms with Gasteiger partial charge in [-0.3, -0.25) is 4.98 Å². The van der Waals surface area contributed by atoms with Crippen molar-refractivity contribution in [1.29, 1.82) is 0 Å². The van der Waals surface area contributed by atoms with Crippen LogP contribution in [0.5, 0.6) is 0 Å². The number of aromatic nitrogens is 1. The van der Waals surface area contributed by atoms with Crippen LogP contribution in [-0.4, -0.2) is 23.7 Å². The molecule has 2 unspecified atom stereocenters. The number of nitrogens with zero attached hydrogens (tertiary/aromatic N) is 1. The SMILES string of the molecule is Cc1ncccc1NCC1CCC(C)O1. The van der Waals surface area contributed by atoms with Crippen LogP contribution in [0.2, 0.25) is 0 Å². The monoisotopic (exact) mass is 206 g/mol. The van der Waals surface area contributed by atoms with Gasteiger partial charge in [-0.1, -0.05) is 0 Å². The molecule has 0 amide bonds. The number of aryl methyl sites for hydroxylation is 1. The molecule has 0 bridgehead atoms. The molecule has 0 aromatic carbocycles. The molecule has 2 atom stereocenters. The second-order valence-corrected chi connectivity index (χ2v) is 4.16. The van der Waals surface area contributed by atoms with E-state index in [4.69, 9.17) is 4.74 Å². The first-order valence-electron chi connectivity index (χ1n) is 5.56. The topological polar surface area (TPSA) is 34.2 Å². The van der Waals surface area contributed by atoms with Crippen molar-refractivity contribution in [3.8, 4) is 0 Å². The van der Waals surface area contributed by atoms with Gasteiger partial charge in [0, 0.05) is 12.7 Å². The third kappa shape index (κ3) is 2.69. The molecule has 15 heavy (non-hydrogen) atoms. The molecule has 1 aliphatic rings. The zero-order chi connectivity index (χ0) is 10.7. The highest BCUT2D eigenvalue weighted by Crippen LogP contribution is 2.20. The summed E-state index contributed by atoms with van der Waals surface area (Å²) in [4.78, 5) is 4.24. The molecule has 1 saturated heterocycles. The maximum atomic E-state index is 5.74. The Morgan fingerprint density at radius 3 is 3.07 bits per heavy atom. The lowest BCUT2D eigenvalue weighted by Gasteiger charge is -2.14. The molecule has 0 spiro atoms. The second kappa shape index (κ2) is 4.62. The summed E-state index contributed by atoms with van der Waals surface area (Å²) in [5, 5.41) is 3.39. The summed E-state index contributed by atoms with van der Waals surface area (Å²) in [6.45, 7) is 5.03. The van der Waals surface area contributed by atoms with E-state index in [1.165, 1.54) is 6.42 Å². The number of ether oxygens (including phenoxy) is 1. The summed E-state index contributed by atoms with van der Waals surface area (Å²) in [5.41, 5.74) is 2.16. The van der Waals surface area contributed by atoms with Crippen LogP contribution in [0.25, 0.3) is 0 Å². The molecule has 1 N–H and O–H groups in total. The molecule has 0 aliphatic carbocycles. The first-order chi connectivity index (χ1) is 7.25. The summed E-state index contributed by atoms with van der Waals surface area (Å²) in [6.07, 6.45) is 4.94. The largest absolute Gasteiger partial charge is 0.381 e. The number of pyridine rings is 1. The predicted octanol–water partition coefficient (Wildman–Crippen LogP) is 2.37. The van der Waals surface area contributed by atoms with Crippen molar-refractivity contribution in [2.24, 2.45) is 0 Å². The van der Waals surface area contributed by atoms with Crippen LogP contribution >= 0.6 is 0 Å². The van der Waals surface area contributed by atoms with Crippen LogP contribution in [0.15, 0.2) is 18.3 Å². The van der Waals surface area contributed by atoms with E-state index >= 15 is 0 Å². The predicted molar refractivity (Wildman–Crippen MR) is 61.0 cm³/mol.